The largest absolute Gasteiger partial charge is 0.0844 e. The molecule has 0 N–H and O–H groups in total. The van der Waals surface area contributed by atoms with Crippen LogP contribution in [0.3, 0.4) is 0 Å². The lowest BCUT2D eigenvalue weighted by molar-refractivity contribution is 0.262. The minimum Gasteiger partial charge on any atom is -0.0844 e. The monoisotopic (exact) mass is 220 g/mol. The van der Waals surface area contributed by atoms with Crippen LogP contribution in [0.15, 0.2) is 22.8 Å². The fourth-order valence-corrected chi connectivity index (χ4v) is 3.19. The summed E-state index contributed by atoms with van der Waals surface area (Å²) in [5.41, 5.74) is 5.52. The molecule has 0 spiro atoms. The van der Waals surface area contributed by atoms with Crippen LogP contribution in [-0.2, 0) is 0 Å². The third kappa shape index (κ3) is 2.59. The highest BCUT2D eigenvalue weighted by atomic mass is 14.4. The van der Waals surface area contributed by atoms with E-state index in [0.717, 1.165) is 0 Å². The molecule has 0 aromatic rings. The topological polar surface area (TPSA) is 0 Å². The molecule has 0 amide bonds. The highest BCUT2D eigenvalue weighted by molar-refractivity contribution is 5.39. The molecule has 0 saturated heterocycles. The van der Waals surface area contributed by atoms with Crippen LogP contribution in [0.4, 0.5) is 0 Å². The Morgan fingerprint density at radius 2 is 1.94 bits per heavy atom. The van der Waals surface area contributed by atoms with E-state index in [4.69, 9.17) is 0 Å². The van der Waals surface area contributed by atoms with Crippen LogP contribution in [0.1, 0.15) is 73.1 Å². The Balaban J connectivity index is 2.92. The van der Waals surface area contributed by atoms with Crippen molar-refractivity contribution < 1.29 is 0 Å². The molecule has 1 aliphatic rings. The summed E-state index contributed by atoms with van der Waals surface area (Å²) in [6, 6.07) is 0. The van der Waals surface area contributed by atoms with E-state index in [1.54, 1.807) is 11.1 Å². The third-order valence-corrected chi connectivity index (χ3v) is 4.43. The van der Waals surface area contributed by atoms with Crippen LogP contribution >= 0.6 is 0 Å². The summed E-state index contributed by atoms with van der Waals surface area (Å²) in [4.78, 5) is 0. The van der Waals surface area contributed by atoms with Gasteiger partial charge in [0.1, 0.15) is 0 Å². The maximum atomic E-state index is 2.37. The van der Waals surface area contributed by atoms with Gasteiger partial charge in [-0.05, 0) is 56.9 Å². The van der Waals surface area contributed by atoms with Gasteiger partial charge in [0.2, 0.25) is 0 Å². The Kier molecular flexibility index (Phi) is 4.83. The molecule has 0 aromatic carbocycles. The molecule has 1 unspecified atom stereocenters. The minimum absolute atomic E-state index is 0.597. The summed E-state index contributed by atoms with van der Waals surface area (Å²) in [6.45, 7) is 11.5. The highest BCUT2D eigenvalue weighted by Gasteiger charge is 2.35. The van der Waals surface area contributed by atoms with Crippen molar-refractivity contribution in [3.63, 3.8) is 0 Å². The summed E-state index contributed by atoms with van der Waals surface area (Å²) in [7, 11) is 0. The van der Waals surface area contributed by atoms with Gasteiger partial charge in [-0.3, -0.25) is 0 Å². The van der Waals surface area contributed by atoms with Crippen molar-refractivity contribution in [2.75, 3.05) is 0 Å². The molecule has 0 saturated carbocycles. The molecule has 0 aromatic heterocycles. The zero-order chi connectivity index (χ0) is 12.2. The second-order valence-corrected chi connectivity index (χ2v) is 5.36. The van der Waals surface area contributed by atoms with Crippen molar-refractivity contribution in [2.24, 2.45) is 5.41 Å². The fourth-order valence-electron chi connectivity index (χ4n) is 3.19. The summed E-state index contributed by atoms with van der Waals surface area (Å²) in [5.74, 6) is 0. The van der Waals surface area contributed by atoms with E-state index >= 15 is 0 Å². The van der Waals surface area contributed by atoms with Gasteiger partial charge in [-0.2, -0.15) is 0 Å². The van der Waals surface area contributed by atoms with Crippen molar-refractivity contribution in [3.8, 4) is 0 Å². The van der Waals surface area contributed by atoms with Crippen LogP contribution < -0.4 is 0 Å². The zero-order valence-corrected chi connectivity index (χ0v) is 11.8. The molecule has 16 heavy (non-hydrogen) atoms. The van der Waals surface area contributed by atoms with Gasteiger partial charge in [-0.1, -0.05) is 44.4 Å². The van der Waals surface area contributed by atoms with Gasteiger partial charge in [-0.25, -0.2) is 0 Å². The first kappa shape index (κ1) is 13.5. The molecule has 0 heterocycles. The predicted octanol–water partition coefficient (Wildman–Crippen LogP) is 5.65. The second-order valence-electron chi connectivity index (χ2n) is 5.36. The molecule has 0 fully saturated rings. The normalized spacial score (nSPS) is 26.7. The molecule has 1 atom stereocenters. The Morgan fingerprint density at radius 3 is 2.38 bits per heavy atom. The lowest BCUT2D eigenvalue weighted by Crippen LogP contribution is -2.16. The van der Waals surface area contributed by atoms with Crippen molar-refractivity contribution in [1.82, 2.24) is 0 Å². The third-order valence-electron chi connectivity index (χ3n) is 4.43. The molecule has 0 heteroatoms. The van der Waals surface area contributed by atoms with Gasteiger partial charge >= 0.3 is 0 Å². The van der Waals surface area contributed by atoms with Gasteiger partial charge in [0, 0.05) is 0 Å². The second kappa shape index (κ2) is 5.70. The summed E-state index contributed by atoms with van der Waals surface area (Å²) in [6.07, 6.45) is 10.3. The summed E-state index contributed by atoms with van der Waals surface area (Å²) in [5, 5.41) is 0. The number of hydrogen-bond donors (Lipinski definition) is 0. The van der Waals surface area contributed by atoms with Crippen molar-refractivity contribution in [3.05, 3.63) is 22.8 Å². The molecule has 0 nitrogen and oxygen atoms in total. The Morgan fingerprint density at radius 1 is 1.25 bits per heavy atom. The Bertz CT molecular complexity index is 293. The average molecular weight is 220 g/mol. The minimum atomic E-state index is 0.597. The molecule has 0 radical (unpaired) electrons. The lowest BCUT2D eigenvalue weighted by atomic mass is 9.77. The summed E-state index contributed by atoms with van der Waals surface area (Å²) < 4.78 is 0. The molecule has 0 aliphatic heterocycles. The quantitative estimate of drug-likeness (QED) is 0.561. The summed E-state index contributed by atoms with van der Waals surface area (Å²) >= 11 is 0. The van der Waals surface area contributed by atoms with E-state index in [9.17, 15) is 0 Å². The highest BCUT2D eigenvalue weighted by Crippen LogP contribution is 2.50. The lowest BCUT2D eigenvalue weighted by Gasteiger charge is -2.28. The van der Waals surface area contributed by atoms with Crippen LogP contribution in [-0.4, -0.2) is 0 Å². The molecular weight excluding hydrogens is 192 g/mol. The molecule has 92 valence electrons. The first-order valence-corrected chi connectivity index (χ1v) is 6.96. The van der Waals surface area contributed by atoms with Crippen molar-refractivity contribution in [2.45, 2.75) is 73.1 Å². The predicted molar refractivity (Wildman–Crippen MR) is 73.6 cm³/mol. The van der Waals surface area contributed by atoms with Crippen LogP contribution in [0.2, 0.25) is 0 Å². The molecule has 1 aliphatic carbocycles. The van der Waals surface area contributed by atoms with Gasteiger partial charge in [0.15, 0.2) is 0 Å². The fraction of sp³-hybridized carbons (Fsp3) is 0.750. The van der Waals surface area contributed by atoms with Crippen LogP contribution in [0.5, 0.6) is 0 Å². The van der Waals surface area contributed by atoms with E-state index < -0.39 is 0 Å². The zero-order valence-electron chi connectivity index (χ0n) is 11.8. The van der Waals surface area contributed by atoms with E-state index in [-0.39, 0.29) is 0 Å². The van der Waals surface area contributed by atoms with E-state index in [2.05, 4.69) is 40.7 Å². The maximum Gasteiger partial charge on any atom is -0.0217 e. The molecule has 0 bridgehead atoms. The van der Waals surface area contributed by atoms with Gasteiger partial charge in [0.25, 0.3) is 0 Å². The van der Waals surface area contributed by atoms with Crippen LogP contribution in [0, 0.1) is 5.41 Å². The van der Waals surface area contributed by atoms with Crippen molar-refractivity contribution in [1.29, 1.82) is 0 Å². The average Bonchev–Trinajstić information content (AvgIpc) is 2.68. The first-order chi connectivity index (χ1) is 7.62. The van der Waals surface area contributed by atoms with Gasteiger partial charge in [-0.15, -0.1) is 0 Å². The van der Waals surface area contributed by atoms with Gasteiger partial charge < -0.3 is 0 Å². The van der Waals surface area contributed by atoms with E-state index in [1.807, 2.05) is 0 Å². The smallest absolute Gasteiger partial charge is 0.0217 e. The standard InChI is InChI=1S/C16H28/c1-6-10-16(9-4)11-14(8-3)15(12-16)13(5)7-2/h7H,6,8-12H2,1-5H3/b13-7-. The molecule has 1 rings (SSSR count). The number of hydrogen-bond acceptors (Lipinski definition) is 0. The van der Waals surface area contributed by atoms with E-state index in [0.29, 0.717) is 5.41 Å². The maximum absolute atomic E-state index is 2.37. The number of rotatable bonds is 5. The Hall–Kier alpha value is -0.520. The number of allylic oxidation sites excluding steroid dienone is 4. The van der Waals surface area contributed by atoms with E-state index in [1.165, 1.54) is 44.1 Å². The van der Waals surface area contributed by atoms with Gasteiger partial charge in [0.05, 0.1) is 0 Å². The van der Waals surface area contributed by atoms with Crippen molar-refractivity contribution >= 4 is 0 Å². The SMILES string of the molecule is C/C=C(/C)C1=C(CC)CC(CC)(CCC)C1. The van der Waals surface area contributed by atoms with Crippen LogP contribution in [0.25, 0.3) is 0 Å². The molecular formula is C16H28. The first-order valence-electron chi connectivity index (χ1n) is 6.96. The Labute approximate surface area is 102 Å².